The molecular weight excluding hydrogens is 290 g/mol. The number of benzene rings is 1. The maximum absolute atomic E-state index is 10.5. The number of hydrogen-bond donors (Lipinski definition) is 1. The van der Waals surface area contributed by atoms with Crippen molar-refractivity contribution in [1.29, 1.82) is 0 Å². The van der Waals surface area contributed by atoms with E-state index in [9.17, 15) is 4.79 Å². The molecule has 1 aromatic carbocycles. The second-order valence-corrected chi connectivity index (χ2v) is 5.45. The molecule has 1 aromatic rings. The number of carboxylic acids is 1. The van der Waals surface area contributed by atoms with Crippen LogP contribution in [-0.4, -0.2) is 42.2 Å². The summed E-state index contributed by atoms with van der Waals surface area (Å²) in [4.78, 5) is 12.8. The van der Waals surface area contributed by atoms with Gasteiger partial charge in [-0.2, -0.15) is 0 Å². The summed E-state index contributed by atoms with van der Waals surface area (Å²) in [5.41, 5.74) is 1.21. The second kappa shape index (κ2) is 9.77. The molecule has 0 radical (unpaired) electrons. The van der Waals surface area contributed by atoms with E-state index < -0.39 is 5.97 Å². The molecule has 5 heteroatoms. The van der Waals surface area contributed by atoms with E-state index in [4.69, 9.17) is 9.84 Å². The summed E-state index contributed by atoms with van der Waals surface area (Å²) in [7, 11) is 0. The number of aliphatic carboxylic acids is 1. The summed E-state index contributed by atoms with van der Waals surface area (Å²) in [5.74, 6) is -0.115. The first-order valence-electron chi connectivity index (χ1n) is 7.30. The molecule has 0 amide bonds. The van der Waals surface area contributed by atoms with Gasteiger partial charge in [0.25, 0.3) is 0 Å². The molecule has 0 aliphatic carbocycles. The lowest BCUT2D eigenvalue weighted by atomic mass is 10.1. The maximum atomic E-state index is 10.5. The lowest BCUT2D eigenvalue weighted by Gasteiger charge is -2.15. The normalized spacial score (nSPS) is 18.4. The van der Waals surface area contributed by atoms with Crippen LogP contribution in [0.5, 0.6) is 0 Å². The number of ether oxygens (including phenoxy) is 1. The van der Waals surface area contributed by atoms with Crippen molar-refractivity contribution in [2.75, 3.05) is 26.2 Å². The van der Waals surface area contributed by atoms with E-state index in [1.165, 1.54) is 5.56 Å². The molecule has 0 spiro atoms. The van der Waals surface area contributed by atoms with Gasteiger partial charge in [0.2, 0.25) is 0 Å². The molecule has 1 atom stereocenters. The van der Waals surface area contributed by atoms with Crippen molar-refractivity contribution in [3.63, 3.8) is 0 Å². The fourth-order valence-corrected chi connectivity index (χ4v) is 2.62. The number of halogens is 1. The number of likely N-dealkylation sites (tertiary alicyclic amines) is 1. The van der Waals surface area contributed by atoms with Crippen molar-refractivity contribution >= 4 is 18.4 Å². The minimum Gasteiger partial charge on any atom is -0.481 e. The summed E-state index contributed by atoms with van der Waals surface area (Å²) >= 11 is 0. The van der Waals surface area contributed by atoms with Crippen LogP contribution in [-0.2, 0) is 16.1 Å². The fourth-order valence-electron chi connectivity index (χ4n) is 2.62. The van der Waals surface area contributed by atoms with Crippen molar-refractivity contribution in [2.24, 2.45) is 5.92 Å². The molecule has 0 saturated carbocycles. The van der Waals surface area contributed by atoms with E-state index >= 15 is 0 Å². The maximum Gasteiger partial charge on any atom is 0.303 e. The van der Waals surface area contributed by atoms with Crippen LogP contribution in [0, 0.1) is 5.92 Å². The number of rotatable bonds is 8. The topological polar surface area (TPSA) is 49.8 Å². The Labute approximate surface area is 132 Å². The van der Waals surface area contributed by atoms with E-state index in [1.54, 1.807) is 0 Å². The molecule has 1 heterocycles. The number of hydrogen-bond acceptors (Lipinski definition) is 3. The lowest BCUT2D eigenvalue weighted by molar-refractivity contribution is -0.137. The third-order valence-corrected chi connectivity index (χ3v) is 3.70. The van der Waals surface area contributed by atoms with Gasteiger partial charge in [0.15, 0.2) is 0 Å². The molecule has 1 aliphatic heterocycles. The number of carbonyl (C=O) groups is 1. The van der Waals surface area contributed by atoms with Crippen LogP contribution in [0.3, 0.4) is 0 Å². The van der Waals surface area contributed by atoms with Crippen molar-refractivity contribution in [1.82, 2.24) is 4.90 Å². The number of nitrogens with zero attached hydrogens (tertiary/aromatic N) is 1. The van der Waals surface area contributed by atoms with Gasteiger partial charge in [-0.3, -0.25) is 4.79 Å². The molecule has 1 unspecified atom stereocenters. The monoisotopic (exact) mass is 313 g/mol. The molecule has 2 rings (SSSR count). The van der Waals surface area contributed by atoms with Crippen molar-refractivity contribution in [2.45, 2.75) is 25.9 Å². The van der Waals surface area contributed by atoms with Gasteiger partial charge < -0.3 is 14.7 Å². The highest BCUT2D eigenvalue weighted by Gasteiger charge is 2.22. The van der Waals surface area contributed by atoms with E-state index in [2.05, 4.69) is 17.0 Å². The van der Waals surface area contributed by atoms with E-state index in [-0.39, 0.29) is 18.8 Å². The van der Waals surface area contributed by atoms with Crippen LogP contribution < -0.4 is 0 Å². The zero-order chi connectivity index (χ0) is 14.2. The summed E-state index contributed by atoms with van der Waals surface area (Å²) < 4.78 is 5.77. The molecule has 118 valence electrons. The largest absolute Gasteiger partial charge is 0.481 e. The zero-order valence-corrected chi connectivity index (χ0v) is 13.1. The SMILES string of the molecule is Cl.O=C(O)CCCN1CCC(COCc2ccccc2)C1. The molecule has 21 heavy (non-hydrogen) atoms. The first-order valence-corrected chi connectivity index (χ1v) is 7.30. The smallest absolute Gasteiger partial charge is 0.303 e. The van der Waals surface area contributed by atoms with Gasteiger partial charge in [0, 0.05) is 13.0 Å². The highest BCUT2D eigenvalue weighted by Crippen LogP contribution is 2.17. The van der Waals surface area contributed by atoms with Crippen LogP contribution in [0.4, 0.5) is 0 Å². The van der Waals surface area contributed by atoms with Crippen LogP contribution in [0.1, 0.15) is 24.8 Å². The molecule has 1 fully saturated rings. The van der Waals surface area contributed by atoms with Crippen LogP contribution >= 0.6 is 12.4 Å². The van der Waals surface area contributed by atoms with Gasteiger partial charge in [0.05, 0.1) is 13.2 Å². The summed E-state index contributed by atoms with van der Waals surface area (Å²) in [6, 6.07) is 10.2. The zero-order valence-electron chi connectivity index (χ0n) is 12.2. The van der Waals surface area contributed by atoms with Gasteiger partial charge >= 0.3 is 5.97 Å². The third-order valence-electron chi connectivity index (χ3n) is 3.70. The Balaban J connectivity index is 0.00000220. The van der Waals surface area contributed by atoms with Crippen molar-refractivity contribution in [3.8, 4) is 0 Å². The number of carboxylic acid groups (broad SMARTS) is 1. The van der Waals surface area contributed by atoms with Crippen molar-refractivity contribution < 1.29 is 14.6 Å². The summed E-state index contributed by atoms with van der Waals surface area (Å²) in [5, 5.41) is 8.63. The van der Waals surface area contributed by atoms with Crippen molar-refractivity contribution in [3.05, 3.63) is 35.9 Å². The molecule has 1 N–H and O–H groups in total. The van der Waals surface area contributed by atoms with Gasteiger partial charge in [-0.1, -0.05) is 30.3 Å². The standard InChI is InChI=1S/C16H23NO3.ClH/c18-16(19)7-4-9-17-10-8-15(11-17)13-20-12-14-5-2-1-3-6-14;/h1-3,5-6,15H,4,7-13H2,(H,18,19);1H. The summed E-state index contributed by atoms with van der Waals surface area (Å²) in [6.07, 6.45) is 2.17. The van der Waals surface area contributed by atoms with Crippen LogP contribution in [0.2, 0.25) is 0 Å². The molecule has 4 nitrogen and oxygen atoms in total. The Kier molecular flexibility index (Phi) is 8.35. The Morgan fingerprint density at radius 3 is 2.81 bits per heavy atom. The second-order valence-electron chi connectivity index (χ2n) is 5.45. The minimum absolute atomic E-state index is 0. The Morgan fingerprint density at radius 1 is 1.33 bits per heavy atom. The van der Waals surface area contributed by atoms with E-state index in [0.717, 1.165) is 39.1 Å². The lowest BCUT2D eigenvalue weighted by Crippen LogP contribution is -2.23. The van der Waals surface area contributed by atoms with E-state index in [0.29, 0.717) is 12.5 Å². The molecule has 1 saturated heterocycles. The van der Waals surface area contributed by atoms with Gasteiger partial charge in [-0.05, 0) is 37.4 Å². The Bertz CT molecular complexity index is 413. The average Bonchev–Trinajstić information content (AvgIpc) is 2.87. The first-order chi connectivity index (χ1) is 9.74. The highest BCUT2D eigenvalue weighted by atomic mass is 35.5. The van der Waals surface area contributed by atoms with E-state index in [1.807, 2.05) is 18.2 Å². The average molecular weight is 314 g/mol. The predicted octanol–water partition coefficient (Wildman–Crippen LogP) is 2.81. The molecule has 0 aromatic heterocycles. The third kappa shape index (κ3) is 6.93. The summed E-state index contributed by atoms with van der Waals surface area (Å²) in [6.45, 7) is 4.47. The Hall–Kier alpha value is -1.10. The quantitative estimate of drug-likeness (QED) is 0.802. The highest BCUT2D eigenvalue weighted by molar-refractivity contribution is 5.85. The van der Waals surface area contributed by atoms with Crippen LogP contribution in [0.15, 0.2) is 30.3 Å². The molecule has 1 aliphatic rings. The fraction of sp³-hybridized carbons (Fsp3) is 0.562. The minimum atomic E-state index is -0.702. The van der Waals surface area contributed by atoms with Gasteiger partial charge in [0.1, 0.15) is 0 Å². The molecule has 0 bridgehead atoms. The first kappa shape index (κ1) is 18.0. The predicted molar refractivity (Wildman–Crippen MR) is 84.8 cm³/mol. The molecular formula is C16H24ClNO3. The van der Waals surface area contributed by atoms with Crippen LogP contribution in [0.25, 0.3) is 0 Å². The van der Waals surface area contributed by atoms with Gasteiger partial charge in [-0.25, -0.2) is 0 Å². The Morgan fingerprint density at radius 2 is 2.10 bits per heavy atom. The van der Waals surface area contributed by atoms with Gasteiger partial charge in [-0.15, -0.1) is 12.4 Å².